The standard InChI is InChI=1S/C17H18O3/c18-12-16(15-9-5-2-6-10-15)11-17(19)20-13-14-7-3-1-4-8-14/h1-10,16,18H,11-13H2. The zero-order chi connectivity index (χ0) is 14.2. The topological polar surface area (TPSA) is 46.5 Å². The lowest BCUT2D eigenvalue weighted by Gasteiger charge is -2.14. The number of esters is 1. The third-order valence-electron chi connectivity index (χ3n) is 3.15. The Kier molecular flexibility index (Phi) is 5.33. The zero-order valence-corrected chi connectivity index (χ0v) is 11.2. The molecule has 0 aromatic heterocycles. The first-order chi connectivity index (χ1) is 9.79. The van der Waals surface area contributed by atoms with Gasteiger partial charge in [-0.3, -0.25) is 4.79 Å². The van der Waals surface area contributed by atoms with Gasteiger partial charge in [0.1, 0.15) is 6.61 Å². The van der Waals surface area contributed by atoms with E-state index in [4.69, 9.17) is 4.74 Å². The third-order valence-corrected chi connectivity index (χ3v) is 3.15. The minimum atomic E-state index is -0.295. The van der Waals surface area contributed by atoms with Crippen LogP contribution in [0.1, 0.15) is 23.5 Å². The molecule has 0 saturated heterocycles. The quantitative estimate of drug-likeness (QED) is 0.821. The third kappa shape index (κ3) is 4.21. The number of hydrogen-bond acceptors (Lipinski definition) is 3. The second kappa shape index (κ2) is 7.46. The molecule has 2 rings (SSSR count). The van der Waals surface area contributed by atoms with Gasteiger partial charge in [0.25, 0.3) is 0 Å². The summed E-state index contributed by atoms with van der Waals surface area (Å²) in [4.78, 5) is 11.8. The summed E-state index contributed by atoms with van der Waals surface area (Å²) < 4.78 is 5.23. The molecule has 0 aliphatic rings. The van der Waals surface area contributed by atoms with Crippen molar-refractivity contribution in [3.05, 3.63) is 71.8 Å². The molecular weight excluding hydrogens is 252 g/mol. The van der Waals surface area contributed by atoms with Crippen LogP contribution in [0, 0.1) is 0 Å². The summed E-state index contributed by atoms with van der Waals surface area (Å²) in [5, 5.41) is 9.41. The minimum Gasteiger partial charge on any atom is -0.461 e. The van der Waals surface area contributed by atoms with Crippen LogP contribution in [0.15, 0.2) is 60.7 Å². The summed E-state index contributed by atoms with van der Waals surface area (Å²) >= 11 is 0. The average Bonchev–Trinajstić information content (AvgIpc) is 2.52. The van der Waals surface area contributed by atoms with Crippen LogP contribution in [0.5, 0.6) is 0 Å². The minimum absolute atomic E-state index is 0.0650. The molecule has 0 aliphatic carbocycles. The van der Waals surface area contributed by atoms with Gasteiger partial charge in [-0.25, -0.2) is 0 Å². The van der Waals surface area contributed by atoms with Crippen molar-refractivity contribution >= 4 is 5.97 Å². The van der Waals surface area contributed by atoms with Crippen LogP contribution in [0.25, 0.3) is 0 Å². The van der Waals surface area contributed by atoms with E-state index in [0.717, 1.165) is 11.1 Å². The van der Waals surface area contributed by atoms with Gasteiger partial charge in [0.05, 0.1) is 13.0 Å². The summed E-state index contributed by atoms with van der Waals surface area (Å²) in [6.07, 6.45) is 0.188. The Morgan fingerprint density at radius 3 is 2.20 bits per heavy atom. The van der Waals surface area contributed by atoms with Crippen LogP contribution in [-0.4, -0.2) is 17.7 Å². The van der Waals surface area contributed by atoms with Crippen molar-refractivity contribution in [2.45, 2.75) is 18.9 Å². The molecule has 1 N–H and O–H groups in total. The molecule has 104 valence electrons. The highest BCUT2D eigenvalue weighted by Crippen LogP contribution is 2.19. The lowest BCUT2D eigenvalue weighted by Crippen LogP contribution is -2.13. The number of hydrogen-bond donors (Lipinski definition) is 1. The highest BCUT2D eigenvalue weighted by atomic mass is 16.5. The Bertz CT molecular complexity index is 522. The molecule has 0 bridgehead atoms. The van der Waals surface area contributed by atoms with E-state index in [1.54, 1.807) is 0 Å². The molecule has 0 heterocycles. The molecule has 0 spiro atoms. The van der Waals surface area contributed by atoms with Crippen LogP contribution >= 0.6 is 0 Å². The van der Waals surface area contributed by atoms with E-state index in [9.17, 15) is 9.90 Å². The average molecular weight is 270 g/mol. The first-order valence-electron chi connectivity index (χ1n) is 6.65. The molecule has 20 heavy (non-hydrogen) atoms. The fourth-order valence-corrected chi connectivity index (χ4v) is 2.01. The lowest BCUT2D eigenvalue weighted by molar-refractivity contribution is -0.145. The summed E-state index contributed by atoms with van der Waals surface area (Å²) in [6, 6.07) is 19.1. The zero-order valence-electron chi connectivity index (χ0n) is 11.2. The monoisotopic (exact) mass is 270 g/mol. The van der Waals surface area contributed by atoms with Crippen molar-refractivity contribution in [3.8, 4) is 0 Å². The van der Waals surface area contributed by atoms with Gasteiger partial charge >= 0.3 is 5.97 Å². The molecule has 2 aromatic rings. The van der Waals surface area contributed by atoms with Gasteiger partial charge in [-0.2, -0.15) is 0 Å². The molecule has 1 atom stereocenters. The fourth-order valence-electron chi connectivity index (χ4n) is 2.01. The van der Waals surface area contributed by atoms with Gasteiger partial charge in [-0.1, -0.05) is 60.7 Å². The predicted octanol–water partition coefficient (Wildman–Crippen LogP) is 2.90. The maximum absolute atomic E-state index is 11.8. The van der Waals surface area contributed by atoms with Crippen LogP contribution in [0.2, 0.25) is 0 Å². The van der Waals surface area contributed by atoms with Gasteiger partial charge in [-0.05, 0) is 11.1 Å². The molecule has 2 aromatic carbocycles. The van der Waals surface area contributed by atoms with Crippen LogP contribution < -0.4 is 0 Å². The Morgan fingerprint density at radius 2 is 1.60 bits per heavy atom. The molecule has 3 heteroatoms. The van der Waals surface area contributed by atoms with Crippen molar-refractivity contribution in [1.29, 1.82) is 0 Å². The number of ether oxygens (including phenoxy) is 1. The maximum Gasteiger partial charge on any atom is 0.306 e. The first kappa shape index (κ1) is 14.3. The Morgan fingerprint density at radius 1 is 1.00 bits per heavy atom. The predicted molar refractivity (Wildman–Crippen MR) is 77.1 cm³/mol. The number of benzene rings is 2. The first-order valence-corrected chi connectivity index (χ1v) is 6.65. The van der Waals surface area contributed by atoms with Crippen LogP contribution in [0.4, 0.5) is 0 Å². The van der Waals surface area contributed by atoms with Crippen molar-refractivity contribution in [2.24, 2.45) is 0 Å². The van der Waals surface area contributed by atoms with Crippen molar-refractivity contribution < 1.29 is 14.6 Å². The molecule has 0 aliphatic heterocycles. The van der Waals surface area contributed by atoms with Crippen LogP contribution in [0.3, 0.4) is 0 Å². The maximum atomic E-state index is 11.8. The number of rotatable bonds is 6. The number of aliphatic hydroxyl groups is 1. The molecule has 0 saturated carbocycles. The van der Waals surface area contributed by atoms with Crippen LogP contribution in [-0.2, 0) is 16.1 Å². The van der Waals surface area contributed by atoms with E-state index in [1.807, 2.05) is 60.7 Å². The van der Waals surface area contributed by atoms with Crippen molar-refractivity contribution in [2.75, 3.05) is 6.61 Å². The summed E-state index contributed by atoms with van der Waals surface area (Å²) in [7, 11) is 0. The summed E-state index contributed by atoms with van der Waals surface area (Å²) in [5.41, 5.74) is 1.91. The number of aliphatic hydroxyl groups excluding tert-OH is 1. The molecular formula is C17H18O3. The Labute approximate surface area is 118 Å². The van der Waals surface area contributed by atoms with Gasteiger partial charge < -0.3 is 9.84 Å². The van der Waals surface area contributed by atoms with Crippen molar-refractivity contribution in [3.63, 3.8) is 0 Å². The number of carbonyl (C=O) groups excluding carboxylic acids is 1. The van der Waals surface area contributed by atoms with Crippen molar-refractivity contribution in [1.82, 2.24) is 0 Å². The van der Waals surface area contributed by atoms with E-state index in [2.05, 4.69) is 0 Å². The highest BCUT2D eigenvalue weighted by Gasteiger charge is 2.16. The SMILES string of the molecule is O=C(CC(CO)c1ccccc1)OCc1ccccc1. The van der Waals surface area contributed by atoms with Gasteiger partial charge in [0, 0.05) is 5.92 Å². The fraction of sp³-hybridized carbons (Fsp3) is 0.235. The largest absolute Gasteiger partial charge is 0.461 e. The smallest absolute Gasteiger partial charge is 0.306 e. The van der Waals surface area contributed by atoms with E-state index in [-0.39, 0.29) is 31.5 Å². The van der Waals surface area contributed by atoms with E-state index >= 15 is 0 Å². The van der Waals surface area contributed by atoms with E-state index < -0.39 is 0 Å². The molecule has 3 nitrogen and oxygen atoms in total. The molecule has 0 amide bonds. The van der Waals surface area contributed by atoms with Gasteiger partial charge in [0.2, 0.25) is 0 Å². The Hall–Kier alpha value is -2.13. The highest BCUT2D eigenvalue weighted by molar-refractivity contribution is 5.70. The van der Waals surface area contributed by atoms with E-state index in [0.29, 0.717) is 0 Å². The molecule has 1 unspecified atom stereocenters. The Balaban J connectivity index is 1.87. The lowest BCUT2D eigenvalue weighted by atomic mass is 9.97. The van der Waals surface area contributed by atoms with E-state index in [1.165, 1.54) is 0 Å². The van der Waals surface area contributed by atoms with Gasteiger partial charge in [0.15, 0.2) is 0 Å². The summed E-state index contributed by atoms with van der Waals surface area (Å²) in [5.74, 6) is -0.503. The summed E-state index contributed by atoms with van der Waals surface area (Å²) in [6.45, 7) is 0.205. The number of carbonyl (C=O) groups is 1. The second-order valence-electron chi connectivity index (χ2n) is 4.64. The normalized spacial score (nSPS) is 11.8. The second-order valence-corrected chi connectivity index (χ2v) is 4.64. The molecule has 0 radical (unpaired) electrons. The van der Waals surface area contributed by atoms with Gasteiger partial charge in [-0.15, -0.1) is 0 Å². The molecule has 0 fully saturated rings.